The van der Waals surface area contributed by atoms with Crippen LogP contribution < -0.4 is 27.4 Å². The molecule has 0 bridgehead atoms. The summed E-state index contributed by atoms with van der Waals surface area (Å²) in [5.41, 5.74) is 12.8. The lowest BCUT2D eigenvalue weighted by Gasteiger charge is -2.53. The third-order valence-corrected chi connectivity index (χ3v) is 11.8. The van der Waals surface area contributed by atoms with Crippen LogP contribution in [-0.2, 0) is 9.53 Å². The molecule has 0 radical (unpaired) electrons. The zero-order valence-corrected chi connectivity index (χ0v) is 26.0. The molecule has 1 saturated carbocycles. The number of carbonyl (C=O) groups excluding carboxylic acids is 1. The maximum atomic E-state index is 14.8. The van der Waals surface area contributed by atoms with E-state index in [1.807, 2.05) is 0 Å². The molecule has 1 spiro atoms. The van der Waals surface area contributed by atoms with Crippen molar-refractivity contribution in [3.8, 4) is 0 Å². The van der Waals surface area contributed by atoms with Gasteiger partial charge in [0.1, 0.15) is 6.17 Å². The van der Waals surface area contributed by atoms with Gasteiger partial charge in [-0.15, -0.1) is 11.6 Å². The van der Waals surface area contributed by atoms with Crippen LogP contribution in [0.25, 0.3) is 0 Å². The molecule has 7 N–H and O–H groups in total. The molecule has 0 aromatic heterocycles. The number of ether oxygens (including phenoxy) is 1. The number of rotatable bonds is 6. The molecule has 7 atom stereocenters. The average molecular weight is 613 g/mol. The number of alkyl halides is 2. The number of piperidine rings is 1. The second-order valence-electron chi connectivity index (χ2n) is 14.2. The molecule has 12 heteroatoms. The summed E-state index contributed by atoms with van der Waals surface area (Å²) in [6.07, 6.45) is 6.27. The van der Waals surface area contributed by atoms with Gasteiger partial charge in [0.2, 0.25) is 5.91 Å². The number of fused-ring (bicyclic) bond motifs is 1. The van der Waals surface area contributed by atoms with Gasteiger partial charge < -0.3 is 32.2 Å². The third kappa shape index (κ3) is 6.94. The molecule has 10 nitrogen and oxygen atoms in total. The van der Waals surface area contributed by atoms with E-state index in [2.05, 4.69) is 30.7 Å². The van der Waals surface area contributed by atoms with E-state index in [1.54, 1.807) is 0 Å². The lowest BCUT2D eigenvalue weighted by atomic mass is 9.65. The molecule has 5 saturated heterocycles. The highest BCUT2D eigenvalue weighted by atomic mass is 35.5. The Hall–Kier alpha value is -0.630. The van der Waals surface area contributed by atoms with Crippen LogP contribution in [0.5, 0.6) is 0 Å². The molecule has 6 fully saturated rings. The predicted octanol–water partition coefficient (Wildman–Crippen LogP) is 0.0414. The zero-order valence-electron chi connectivity index (χ0n) is 25.2. The molecule has 6 aliphatic rings. The number of halogens is 2. The van der Waals surface area contributed by atoms with Gasteiger partial charge in [-0.2, -0.15) is 0 Å². The van der Waals surface area contributed by atoms with Crippen molar-refractivity contribution in [2.24, 2.45) is 22.8 Å². The van der Waals surface area contributed by atoms with Gasteiger partial charge in [0.25, 0.3) is 0 Å². The van der Waals surface area contributed by atoms with E-state index in [0.717, 1.165) is 78.2 Å². The number of hydrogen-bond acceptors (Lipinski definition) is 9. The van der Waals surface area contributed by atoms with Crippen LogP contribution >= 0.6 is 11.6 Å². The highest BCUT2D eigenvalue weighted by molar-refractivity contribution is 6.21. The topological polar surface area (TPSA) is 124 Å². The minimum atomic E-state index is -0.917. The standard InChI is InChI=1S/C30H54ClFN8O2/c31-23-14-35-15-25(27(23)40-11-9-38-8-10-39(16-21(38)17-40)22-18-42-19-22)37-29(41)26(28(33)34)24-12-30(5-2-1-3-6-30)7-4-20(32)13-36-24/h20-28,35-36H,1-19,33-34H2,(H,37,41). The normalized spacial score (nSPS) is 38.3. The van der Waals surface area contributed by atoms with Crippen LogP contribution in [0.1, 0.15) is 51.4 Å². The van der Waals surface area contributed by atoms with Crippen LogP contribution in [-0.4, -0.2) is 141 Å². The number of nitrogens with zero attached hydrogens (tertiary/aromatic N) is 3. The molecule has 1 amide bonds. The number of carbonyl (C=O) groups is 1. The van der Waals surface area contributed by atoms with Gasteiger partial charge in [0.05, 0.1) is 42.8 Å². The van der Waals surface area contributed by atoms with Gasteiger partial charge in [0, 0.05) is 77.0 Å². The van der Waals surface area contributed by atoms with Crippen molar-refractivity contribution < 1.29 is 13.9 Å². The maximum Gasteiger partial charge on any atom is 0.227 e. The van der Waals surface area contributed by atoms with E-state index >= 15 is 0 Å². The quantitative estimate of drug-likeness (QED) is 0.209. The van der Waals surface area contributed by atoms with Gasteiger partial charge >= 0.3 is 0 Å². The van der Waals surface area contributed by atoms with Crippen molar-refractivity contribution in [2.75, 3.05) is 72.1 Å². The van der Waals surface area contributed by atoms with Gasteiger partial charge in [-0.1, -0.05) is 19.3 Å². The lowest BCUT2D eigenvalue weighted by Crippen LogP contribution is -2.71. The molecule has 1 aliphatic carbocycles. The highest BCUT2D eigenvalue weighted by Gasteiger charge is 2.46. The largest absolute Gasteiger partial charge is 0.378 e. The van der Waals surface area contributed by atoms with E-state index in [1.165, 1.54) is 19.3 Å². The summed E-state index contributed by atoms with van der Waals surface area (Å²) in [6, 6.07) is 0.603. The molecule has 6 rings (SSSR count). The molecular weight excluding hydrogens is 559 g/mol. The van der Waals surface area contributed by atoms with E-state index < -0.39 is 18.3 Å². The molecule has 5 aliphatic heterocycles. The molecular formula is C30H54ClFN8O2. The Kier molecular flexibility index (Phi) is 10.3. The number of nitrogens with one attached hydrogen (secondary N) is 3. The molecule has 5 heterocycles. The lowest BCUT2D eigenvalue weighted by molar-refractivity contribution is -0.129. The van der Waals surface area contributed by atoms with Gasteiger partial charge in [-0.05, 0) is 37.5 Å². The Labute approximate surface area is 256 Å². The predicted molar refractivity (Wildman–Crippen MR) is 163 cm³/mol. The van der Waals surface area contributed by atoms with Gasteiger partial charge in [-0.3, -0.25) is 19.5 Å². The second-order valence-corrected chi connectivity index (χ2v) is 14.7. The van der Waals surface area contributed by atoms with Gasteiger partial charge in [-0.25, -0.2) is 4.39 Å². The first kappa shape index (κ1) is 31.4. The average Bonchev–Trinajstić information content (AvgIpc) is 2.93. The van der Waals surface area contributed by atoms with Crippen molar-refractivity contribution >= 4 is 17.5 Å². The molecule has 0 aromatic rings. The van der Waals surface area contributed by atoms with Crippen LogP contribution in [0.3, 0.4) is 0 Å². The fraction of sp³-hybridized carbons (Fsp3) is 0.967. The summed E-state index contributed by atoms with van der Waals surface area (Å²) in [4.78, 5) is 21.8. The summed E-state index contributed by atoms with van der Waals surface area (Å²) in [5, 5.41) is 10.1. The maximum absolute atomic E-state index is 14.8. The summed E-state index contributed by atoms with van der Waals surface area (Å²) in [6.45, 7) is 9.43. The zero-order chi connectivity index (χ0) is 29.3. The smallest absolute Gasteiger partial charge is 0.227 e. The Morgan fingerprint density at radius 2 is 1.67 bits per heavy atom. The van der Waals surface area contributed by atoms with Crippen molar-refractivity contribution in [1.82, 2.24) is 30.7 Å². The van der Waals surface area contributed by atoms with E-state index in [9.17, 15) is 9.18 Å². The minimum Gasteiger partial charge on any atom is -0.378 e. The SMILES string of the molecule is NC(N)C(C(=O)NC1CNCC(Cl)C1N1CCN2CCN(C3COC3)CC2C1)C1CC2(CCCCC2)CCC(F)CN1. The van der Waals surface area contributed by atoms with Crippen LogP contribution in [0, 0.1) is 11.3 Å². The van der Waals surface area contributed by atoms with Gasteiger partial charge in [0.15, 0.2) is 0 Å². The fourth-order valence-corrected chi connectivity index (χ4v) is 9.37. The summed E-state index contributed by atoms with van der Waals surface area (Å²) in [5.74, 6) is -0.779. The number of piperazine rings is 2. The van der Waals surface area contributed by atoms with Crippen molar-refractivity contribution in [3.63, 3.8) is 0 Å². The van der Waals surface area contributed by atoms with Crippen LogP contribution in [0.4, 0.5) is 4.39 Å². The summed E-state index contributed by atoms with van der Waals surface area (Å²) < 4.78 is 20.3. The Morgan fingerprint density at radius 3 is 2.38 bits per heavy atom. The highest BCUT2D eigenvalue weighted by Crippen LogP contribution is 2.46. The Balaban J connectivity index is 1.14. The molecule has 240 valence electrons. The van der Waals surface area contributed by atoms with Crippen molar-refractivity contribution in [2.45, 2.75) is 99.3 Å². The van der Waals surface area contributed by atoms with Crippen LogP contribution in [0.15, 0.2) is 0 Å². The second kappa shape index (κ2) is 13.8. The third-order valence-electron chi connectivity index (χ3n) is 11.4. The van der Waals surface area contributed by atoms with E-state index in [4.69, 9.17) is 27.8 Å². The molecule has 0 aromatic carbocycles. The molecule has 42 heavy (non-hydrogen) atoms. The number of nitrogens with two attached hydrogens (primary N) is 2. The Bertz CT molecular complexity index is 909. The van der Waals surface area contributed by atoms with E-state index in [0.29, 0.717) is 31.6 Å². The van der Waals surface area contributed by atoms with Crippen molar-refractivity contribution in [1.29, 1.82) is 0 Å². The fourth-order valence-electron chi connectivity index (χ4n) is 8.93. The summed E-state index contributed by atoms with van der Waals surface area (Å²) in [7, 11) is 0. The number of amides is 1. The summed E-state index contributed by atoms with van der Waals surface area (Å²) >= 11 is 7.02. The Morgan fingerprint density at radius 1 is 0.952 bits per heavy atom. The van der Waals surface area contributed by atoms with Crippen molar-refractivity contribution in [3.05, 3.63) is 0 Å². The first-order valence-corrected chi connectivity index (χ1v) is 17.1. The monoisotopic (exact) mass is 612 g/mol. The first-order valence-electron chi connectivity index (χ1n) is 16.7. The van der Waals surface area contributed by atoms with E-state index in [-0.39, 0.29) is 41.4 Å². The van der Waals surface area contributed by atoms with Crippen LogP contribution in [0.2, 0.25) is 0 Å². The molecule has 7 unspecified atom stereocenters. The minimum absolute atomic E-state index is 0.0151. The number of hydrogen-bond donors (Lipinski definition) is 5. The first-order chi connectivity index (χ1) is 20.3.